The summed E-state index contributed by atoms with van der Waals surface area (Å²) in [5.41, 5.74) is 0.902. The molecule has 0 radical (unpaired) electrons. The van der Waals surface area contributed by atoms with Crippen LogP contribution in [0.15, 0.2) is 64.5 Å². The molecule has 0 saturated heterocycles. The Kier molecular flexibility index (Phi) is 7.18. The maximum Gasteiger partial charge on any atom is 0.338 e. The smallest absolute Gasteiger partial charge is 0.338 e. The van der Waals surface area contributed by atoms with Crippen LogP contribution in [0.25, 0.3) is 0 Å². The van der Waals surface area contributed by atoms with E-state index >= 15 is 0 Å². The third-order valence-corrected chi connectivity index (χ3v) is 5.38. The molecule has 2 rings (SSSR count). The van der Waals surface area contributed by atoms with Crippen molar-refractivity contribution in [3.8, 4) is 11.8 Å². The number of methoxy groups -OCH3 is 1. The second-order valence-corrected chi connectivity index (χ2v) is 7.58. The Morgan fingerprint density at radius 1 is 1.14 bits per heavy atom. The Morgan fingerprint density at radius 3 is 2.32 bits per heavy atom. The minimum absolute atomic E-state index is 0.0167. The molecule has 0 heterocycles. The molecule has 8 heteroatoms. The van der Waals surface area contributed by atoms with Gasteiger partial charge in [-0.1, -0.05) is 6.92 Å². The Bertz CT molecular complexity index is 988. The molecule has 0 aliphatic rings. The summed E-state index contributed by atoms with van der Waals surface area (Å²) in [6, 6.07) is 13.7. The number of esters is 1. The van der Waals surface area contributed by atoms with Gasteiger partial charge in [0.1, 0.15) is 11.8 Å². The topological polar surface area (TPSA) is 105 Å². The number of sulfone groups is 1. The summed E-state index contributed by atoms with van der Waals surface area (Å²) < 4.78 is 35.2. The Morgan fingerprint density at radius 2 is 1.79 bits per heavy atom. The number of nitrogens with one attached hydrogen (secondary N) is 1. The summed E-state index contributed by atoms with van der Waals surface area (Å²) in [6.07, 6.45) is 1.85. The summed E-state index contributed by atoms with van der Waals surface area (Å²) in [4.78, 5) is 11.3. The molecular weight excluding hydrogens is 380 g/mol. The minimum Gasteiger partial charge on any atom is -0.497 e. The summed E-state index contributed by atoms with van der Waals surface area (Å²) in [7, 11) is -2.50. The molecule has 0 aliphatic heterocycles. The molecule has 1 N–H and O–H groups in total. The van der Waals surface area contributed by atoms with Crippen LogP contribution in [0.2, 0.25) is 0 Å². The van der Waals surface area contributed by atoms with Crippen LogP contribution in [0.1, 0.15) is 23.7 Å². The maximum absolute atomic E-state index is 12.6. The largest absolute Gasteiger partial charge is 0.497 e. The van der Waals surface area contributed by atoms with E-state index < -0.39 is 20.7 Å². The van der Waals surface area contributed by atoms with Gasteiger partial charge in [-0.15, -0.1) is 0 Å². The van der Waals surface area contributed by atoms with Gasteiger partial charge < -0.3 is 14.8 Å². The predicted octanol–water partition coefficient (Wildman–Crippen LogP) is 3.51. The highest BCUT2D eigenvalue weighted by atomic mass is 32.2. The van der Waals surface area contributed by atoms with E-state index in [1.54, 1.807) is 30.3 Å². The zero-order valence-corrected chi connectivity index (χ0v) is 16.3. The van der Waals surface area contributed by atoms with Gasteiger partial charge in [-0.05, 0) is 55.0 Å². The van der Waals surface area contributed by atoms with E-state index in [2.05, 4.69) is 5.32 Å². The van der Waals surface area contributed by atoms with Gasteiger partial charge in [-0.3, -0.25) is 0 Å². The number of nitrogens with zero attached hydrogens (tertiary/aromatic N) is 1. The molecule has 0 bridgehead atoms. The number of allylic oxidation sites excluding steroid dienone is 1. The highest BCUT2D eigenvalue weighted by molar-refractivity contribution is 7.95. The fourth-order valence-corrected chi connectivity index (χ4v) is 3.26. The second kappa shape index (κ2) is 9.58. The average molecular weight is 400 g/mol. The molecule has 0 saturated carbocycles. The number of carbonyl (C=O) groups excluding carboxylic acids is 1. The van der Waals surface area contributed by atoms with Crippen molar-refractivity contribution in [3.05, 3.63) is 65.2 Å². The van der Waals surface area contributed by atoms with Gasteiger partial charge in [0.05, 0.1) is 24.2 Å². The molecule has 2 aromatic carbocycles. The normalized spacial score (nSPS) is 11.4. The molecule has 146 valence electrons. The third kappa shape index (κ3) is 5.11. The highest BCUT2D eigenvalue weighted by Gasteiger charge is 2.20. The molecular formula is C20H20N2O5S. The van der Waals surface area contributed by atoms with Crippen molar-refractivity contribution in [3.63, 3.8) is 0 Å². The lowest BCUT2D eigenvalue weighted by atomic mass is 10.2. The fraction of sp³-hybridized carbons (Fsp3) is 0.200. The van der Waals surface area contributed by atoms with E-state index in [1.807, 2.05) is 6.92 Å². The summed E-state index contributed by atoms with van der Waals surface area (Å²) in [5, 5.41) is 12.0. The lowest BCUT2D eigenvalue weighted by Crippen LogP contribution is -2.07. The number of ether oxygens (including phenoxy) is 2. The summed E-state index contributed by atoms with van der Waals surface area (Å²) in [5.74, 6) is 0.0841. The van der Waals surface area contributed by atoms with Gasteiger partial charge in [-0.25, -0.2) is 13.2 Å². The first-order valence-electron chi connectivity index (χ1n) is 8.45. The minimum atomic E-state index is -3.97. The van der Waals surface area contributed by atoms with Crippen molar-refractivity contribution >= 4 is 21.5 Å². The van der Waals surface area contributed by atoms with E-state index in [9.17, 15) is 18.5 Å². The number of benzene rings is 2. The number of rotatable bonds is 8. The van der Waals surface area contributed by atoms with Crippen molar-refractivity contribution < 1.29 is 22.7 Å². The standard InChI is InChI=1S/C20H20N2O5S/c1-3-12-27-20(23)15-4-6-16(7-5-15)22-14-19(13-21)28(24,25)18-10-8-17(26-2)9-11-18/h4-11,14,22H,3,12H2,1-2H3/b19-14+. The third-order valence-electron chi connectivity index (χ3n) is 3.70. The van der Waals surface area contributed by atoms with Gasteiger partial charge in [0.2, 0.25) is 9.84 Å². The van der Waals surface area contributed by atoms with E-state index in [0.29, 0.717) is 23.6 Å². The van der Waals surface area contributed by atoms with E-state index in [4.69, 9.17) is 9.47 Å². The molecule has 0 amide bonds. The van der Waals surface area contributed by atoms with Crippen LogP contribution in [-0.4, -0.2) is 28.1 Å². The number of hydrogen-bond acceptors (Lipinski definition) is 7. The fourth-order valence-electron chi connectivity index (χ4n) is 2.18. The van der Waals surface area contributed by atoms with E-state index in [0.717, 1.165) is 12.6 Å². The molecule has 0 spiro atoms. The summed E-state index contributed by atoms with van der Waals surface area (Å²) >= 11 is 0. The zero-order valence-electron chi connectivity index (χ0n) is 15.5. The second-order valence-electron chi connectivity index (χ2n) is 5.66. The Hall–Kier alpha value is -3.31. The van der Waals surface area contributed by atoms with Crippen LogP contribution >= 0.6 is 0 Å². The number of nitriles is 1. The van der Waals surface area contributed by atoms with E-state index in [-0.39, 0.29) is 4.90 Å². The van der Waals surface area contributed by atoms with Crippen molar-refractivity contribution in [1.29, 1.82) is 5.26 Å². The molecule has 28 heavy (non-hydrogen) atoms. The van der Waals surface area contributed by atoms with Gasteiger partial charge in [-0.2, -0.15) is 5.26 Å². The Labute approximate surface area is 164 Å². The first-order chi connectivity index (χ1) is 13.4. The van der Waals surface area contributed by atoms with Gasteiger partial charge in [0.25, 0.3) is 0 Å². The van der Waals surface area contributed by atoms with Crippen molar-refractivity contribution in [2.24, 2.45) is 0 Å². The lowest BCUT2D eigenvalue weighted by Gasteiger charge is -2.07. The monoisotopic (exact) mass is 400 g/mol. The van der Waals surface area contributed by atoms with Crippen LogP contribution in [-0.2, 0) is 14.6 Å². The van der Waals surface area contributed by atoms with Gasteiger partial charge in [0.15, 0.2) is 4.91 Å². The van der Waals surface area contributed by atoms with Gasteiger partial charge >= 0.3 is 5.97 Å². The molecule has 2 aromatic rings. The zero-order chi connectivity index (χ0) is 20.6. The maximum atomic E-state index is 12.6. The van der Waals surface area contributed by atoms with Crippen LogP contribution < -0.4 is 10.1 Å². The number of anilines is 1. The first kappa shape index (κ1) is 21.0. The highest BCUT2D eigenvalue weighted by Crippen LogP contribution is 2.22. The molecule has 0 fully saturated rings. The van der Waals surface area contributed by atoms with Crippen LogP contribution in [0, 0.1) is 11.3 Å². The quantitative estimate of drug-likeness (QED) is 0.534. The number of hydrogen-bond donors (Lipinski definition) is 1. The van der Waals surface area contributed by atoms with Crippen molar-refractivity contribution in [1.82, 2.24) is 0 Å². The molecule has 0 aliphatic carbocycles. The molecule has 7 nitrogen and oxygen atoms in total. The van der Waals surface area contributed by atoms with Crippen LogP contribution in [0.4, 0.5) is 5.69 Å². The molecule has 0 aromatic heterocycles. The Balaban J connectivity index is 2.16. The summed E-state index contributed by atoms with van der Waals surface area (Å²) in [6.45, 7) is 2.25. The van der Waals surface area contributed by atoms with Crippen molar-refractivity contribution in [2.75, 3.05) is 19.0 Å². The van der Waals surface area contributed by atoms with Gasteiger partial charge in [0, 0.05) is 11.9 Å². The predicted molar refractivity (Wildman–Crippen MR) is 105 cm³/mol. The van der Waals surface area contributed by atoms with Crippen LogP contribution in [0.5, 0.6) is 5.75 Å². The van der Waals surface area contributed by atoms with Crippen LogP contribution in [0.3, 0.4) is 0 Å². The van der Waals surface area contributed by atoms with E-state index in [1.165, 1.54) is 31.4 Å². The molecule has 0 atom stereocenters. The SMILES string of the molecule is CCCOC(=O)c1ccc(N/C=C(\C#N)S(=O)(=O)c2ccc(OC)cc2)cc1. The lowest BCUT2D eigenvalue weighted by molar-refractivity contribution is 0.0505. The average Bonchev–Trinajstić information content (AvgIpc) is 2.72. The molecule has 0 unspecified atom stereocenters. The first-order valence-corrected chi connectivity index (χ1v) is 9.93. The number of carbonyl (C=O) groups is 1. The van der Waals surface area contributed by atoms with Crippen molar-refractivity contribution in [2.45, 2.75) is 18.2 Å².